The smallest absolute Gasteiger partial charge is 0.161 e. The van der Waals surface area contributed by atoms with Gasteiger partial charge in [-0.2, -0.15) is 0 Å². The van der Waals surface area contributed by atoms with E-state index < -0.39 is 0 Å². The number of rotatable bonds is 3. The highest BCUT2D eigenvalue weighted by atomic mass is 35.5. The molecular weight excluding hydrogens is 256 g/mol. The largest absolute Gasteiger partial charge is 0.493 e. The van der Waals surface area contributed by atoms with E-state index in [-0.39, 0.29) is 25.1 Å². The Morgan fingerprint density at radius 3 is 2.50 bits per heavy atom. The number of hydrazine groups is 1. The van der Waals surface area contributed by atoms with E-state index in [1.54, 1.807) is 19.2 Å². The Hall–Kier alpha value is -1.01. The predicted octanol–water partition coefficient (Wildman–Crippen LogP) is 0.891. The highest BCUT2D eigenvalue weighted by molar-refractivity contribution is 5.85. The number of hydrogen-bond acceptors (Lipinski definition) is 5. The minimum Gasteiger partial charge on any atom is -0.493 e. The van der Waals surface area contributed by atoms with Crippen LogP contribution in [0.3, 0.4) is 0 Å². The summed E-state index contributed by atoms with van der Waals surface area (Å²) in [7, 11) is 3.22. The topological polar surface area (TPSA) is 68.0 Å². The molecule has 0 aliphatic carbocycles. The second kappa shape index (κ2) is 6.24. The first kappa shape index (κ1) is 15.0. The summed E-state index contributed by atoms with van der Waals surface area (Å²) in [4.78, 5) is 0. The molecule has 0 fully saturated rings. The van der Waals surface area contributed by atoms with E-state index in [4.69, 9.17) is 15.3 Å². The number of aliphatic hydroxyl groups excluding tert-OH is 1. The average molecular weight is 275 g/mol. The summed E-state index contributed by atoms with van der Waals surface area (Å²) in [5, 5.41) is 11.1. The molecule has 6 heteroatoms. The lowest BCUT2D eigenvalue weighted by Gasteiger charge is -2.33. The Bertz CT molecular complexity index is 415. The number of hydrogen-bond donors (Lipinski definition) is 2. The van der Waals surface area contributed by atoms with Crippen molar-refractivity contribution in [1.29, 1.82) is 0 Å². The zero-order valence-electron chi connectivity index (χ0n) is 10.5. The number of benzene rings is 1. The third-order valence-electron chi connectivity index (χ3n) is 3.22. The van der Waals surface area contributed by atoms with Crippen LogP contribution in [0.2, 0.25) is 0 Å². The van der Waals surface area contributed by atoms with E-state index in [1.165, 1.54) is 0 Å². The maximum atomic E-state index is 9.40. The Morgan fingerprint density at radius 1 is 1.33 bits per heavy atom. The van der Waals surface area contributed by atoms with Crippen LogP contribution in [0.4, 0.5) is 0 Å². The van der Waals surface area contributed by atoms with Gasteiger partial charge < -0.3 is 14.6 Å². The van der Waals surface area contributed by atoms with Crippen molar-refractivity contribution >= 4 is 12.4 Å². The normalized spacial score (nSPS) is 18.8. The molecule has 18 heavy (non-hydrogen) atoms. The molecule has 0 saturated carbocycles. The lowest BCUT2D eigenvalue weighted by Crippen LogP contribution is -2.42. The van der Waals surface area contributed by atoms with Crippen molar-refractivity contribution < 1.29 is 14.6 Å². The summed E-state index contributed by atoms with van der Waals surface area (Å²) in [6.07, 6.45) is 0.850. The van der Waals surface area contributed by atoms with Gasteiger partial charge in [-0.15, -0.1) is 12.4 Å². The molecular formula is C12H19ClN2O3. The monoisotopic (exact) mass is 274 g/mol. The molecule has 0 amide bonds. The number of nitrogens with zero attached hydrogens (tertiary/aromatic N) is 1. The Labute approximate surface area is 113 Å². The molecule has 1 aromatic rings. The van der Waals surface area contributed by atoms with Crippen molar-refractivity contribution in [1.82, 2.24) is 5.01 Å². The van der Waals surface area contributed by atoms with Gasteiger partial charge in [0.1, 0.15) is 0 Å². The van der Waals surface area contributed by atoms with Crippen LogP contribution in [0.1, 0.15) is 17.2 Å². The number of ether oxygens (including phenoxy) is 2. The van der Waals surface area contributed by atoms with Gasteiger partial charge in [-0.1, -0.05) is 0 Å². The molecule has 1 unspecified atom stereocenters. The summed E-state index contributed by atoms with van der Waals surface area (Å²) in [6, 6.07) is 3.69. The maximum Gasteiger partial charge on any atom is 0.161 e. The summed E-state index contributed by atoms with van der Waals surface area (Å²) in [6.45, 7) is 0.729. The van der Waals surface area contributed by atoms with Crippen LogP contribution in [0.5, 0.6) is 11.5 Å². The van der Waals surface area contributed by atoms with Gasteiger partial charge >= 0.3 is 0 Å². The fourth-order valence-electron chi connectivity index (χ4n) is 2.25. The van der Waals surface area contributed by atoms with Crippen LogP contribution < -0.4 is 15.3 Å². The summed E-state index contributed by atoms with van der Waals surface area (Å²) in [5.41, 5.74) is 2.17. The second-order valence-corrected chi connectivity index (χ2v) is 4.09. The average Bonchev–Trinajstić information content (AvgIpc) is 2.37. The lowest BCUT2D eigenvalue weighted by atomic mass is 9.93. The summed E-state index contributed by atoms with van der Waals surface area (Å²) >= 11 is 0. The van der Waals surface area contributed by atoms with Crippen molar-refractivity contribution in [2.24, 2.45) is 5.84 Å². The first-order chi connectivity index (χ1) is 8.21. The van der Waals surface area contributed by atoms with Crippen LogP contribution in [0.15, 0.2) is 12.1 Å². The van der Waals surface area contributed by atoms with Crippen molar-refractivity contribution in [3.05, 3.63) is 23.3 Å². The standard InChI is InChI=1S/C12H18N2O3.ClH/c1-16-11-5-8-3-4-14(13)10(7-15)9(8)6-12(11)17-2;/h5-6,10,15H,3-4,7,13H2,1-2H3;1H. The lowest BCUT2D eigenvalue weighted by molar-refractivity contribution is 0.115. The van der Waals surface area contributed by atoms with Gasteiger partial charge in [-0.3, -0.25) is 5.84 Å². The molecule has 1 aliphatic rings. The third kappa shape index (κ3) is 2.54. The number of nitrogens with two attached hydrogens (primary N) is 1. The van der Waals surface area contributed by atoms with Gasteiger partial charge in [0, 0.05) is 6.54 Å². The minimum absolute atomic E-state index is 0. The van der Waals surface area contributed by atoms with E-state index >= 15 is 0 Å². The third-order valence-corrected chi connectivity index (χ3v) is 3.22. The zero-order valence-corrected chi connectivity index (χ0v) is 11.4. The highest BCUT2D eigenvalue weighted by Crippen LogP contribution is 2.36. The van der Waals surface area contributed by atoms with Gasteiger partial charge in [0.2, 0.25) is 0 Å². The Balaban J connectivity index is 0.00000162. The van der Waals surface area contributed by atoms with E-state index in [0.29, 0.717) is 11.5 Å². The molecule has 3 N–H and O–H groups in total. The molecule has 5 nitrogen and oxygen atoms in total. The van der Waals surface area contributed by atoms with Crippen molar-refractivity contribution in [2.45, 2.75) is 12.5 Å². The van der Waals surface area contributed by atoms with Crippen molar-refractivity contribution in [3.8, 4) is 11.5 Å². The molecule has 1 aliphatic heterocycles. The summed E-state index contributed by atoms with van der Waals surface area (Å²) < 4.78 is 10.5. The zero-order chi connectivity index (χ0) is 12.4. The van der Waals surface area contributed by atoms with E-state index in [9.17, 15) is 5.11 Å². The molecule has 2 rings (SSSR count). The fraction of sp³-hybridized carbons (Fsp3) is 0.500. The van der Waals surface area contributed by atoms with Gasteiger partial charge in [-0.05, 0) is 29.7 Å². The second-order valence-electron chi connectivity index (χ2n) is 4.09. The molecule has 0 bridgehead atoms. The Kier molecular flexibility index (Phi) is 5.22. The molecule has 0 saturated heterocycles. The molecule has 1 heterocycles. The van der Waals surface area contributed by atoms with Crippen LogP contribution in [0.25, 0.3) is 0 Å². The number of aliphatic hydroxyl groups is 1. The molecule has 1 atom stereocenters. The maximum absolute atomic E-state index is 9.40. The van der Waals surface area contributed by atoms with Gasteiger partial charge in [-0.25, -0.2) is 5.01 Å². The van der Waals surface area contributed by atoms with Crippen LogP contribution in [0, 0.1) is 0 Å². The first-order valence-electron chi connectivity index (χ1n) is 5.58. The predicted molar refractivity (Wildman–Crippen MR) is 71.2 cm³/mol. The van der Waals surface area contributed by atoms with E-state index in [2.05, 4.69) is 0 Å². The molecule has 0 aromatic heterocycles. The van der Waals surface area contributed by atoms with Crippen LogP contribution in [-0.2, 0) is 6.42 Å². The fourth-order valence-corrected chi connectivity index (χ4v) is 2.25. The molecule has 0 radical (unpaired) electrons. The molecule has 1 aromatic carbocycles. The quantitative estimate of drug-likeness (QED) is 0.802. The first-order valence-corrected chi connectivity index (χ1v) is 5.58. The number of fused-ring (bicyclic) bond motifs is 1. The van der Waals surface area contributed by atoms with Crippen LogP contribution in [-0.4, -0.2) is 37.5 Å². The van der Waals surface area contributed by atoms with Gasteiger partial charge in [0.25, 0.3) is 0 Å². The number of halogens is 1. The molecule has 0 spiro atoms. The highest BCUT2D eigenvalue weighted by Gasteiger charge is 2.26. The van der Waals surface area contributed by atoms with Gasteiger partial charge in [0.05, 0.1) is 26.9 Å². The van der Waals surface area contributed by atoms with E-state index in [1.807, 2.05) is 12.1 Å². The van der Waals surface area contributed by atoms with Crippen LogP contribution >= 0.6 is 12.4 Å². The number of methoxy groups -OCH3 is 2. The van der Waals surface area contributed by atoms with Gasteiger partial charge in [0.15, 0.2) is 11.5 Å². The van der Waals surface area contributed by atoms with Crippen molar-refractivity contribution in [3.63, 3.8) is 0 Å². The summed E-state index contributed by atoms with van der Waals surface area (Å²) in [5.74, 6) is 7.25. The minimum atomic E-state index is -0.168. The Morgan fingerprint density at radius 2 is 1.94 bits per heavy atom. The molecule has 102 valence electrons. The SMILES string of the molecule is COc1cc2c(cc1OC)C(CO)N(N)CC2.Cl. The van der Waals surface area contributed by atoms with Crippen molar-refractivity contribution in [2.75, 3.05) is 27.4 Å². The van der Waals surface area contributed by atoms with E-state index in [0.717, 1.165) is 24.1 Å².